The monoisotopic (exact) mass is 273 g/mol. The van der Waals surface area contributed by atoms with Gasteiger partial charge < -0.3 is 0 Å². The number of alkyl halides is 2. The molecule has 2 aromatic rings. The second kappa shape index (κ2) is 4.69. The zero-order chi connectivity index (χ0) is 13.3. The van der Waals surface area contributed by atoms with Gasteiger partial charge >= 0.3 is 5.69 Å². The van der Waals surface area contributed by atoms with Crippen LogP contribution in [0.3, 0.4) is 0 Å². The highest BCUT2D eigenvalue weighted by molar-refractivity contribution is 6.32. The Hall–Kier alpha value is -2.02. The van der Waals surface area contributed by atoms with E-state index in [4.69, 9.17) is 11.6 Å². The Kier molecular flexibility index (Phi) is 3.24. The summed E-state index contributed by atoms with van der Waals surface area (Å²) in [6.45, 7) is 0. The lowest BCUT2D eigenvalue weighted by Gasteiger charge is -2.00. The van der Waals surface area contributed by atoms with Crippen LogP contribution in [0.2, 0.25) is 5.15 Å². The molecule has 1 aromatic heterocycles. The van der Waals surface area contributed by atoms with Crippen LogP contribution in [-0.2, 0) is 0 Å². The number of halogens is 3. The molecule has 0 amide bonds. The largest absolute Gasteiger partial charge is 0.335 e. The van der Waals surface area contributed by atoms with Gasteiger partial charge in [0.05, 0.1) is 10.6 Å². The predicted octanol–water partition coefficient (Wildman–Crippen LogP) is 3.37. The van der Waals surface area contributed by atoms with Gasteiger partial charge in [-0.2, -0.15) is 5.10 Å². The molecule has 0 aliphatic heterocycles. The molecule has 0 spiro atoms. The fourth-order valence-corrected chi connectivity index (χ4v) is 1.76. The van der Waals surface area contributed by atoms with Crippen molar-refractivity contribution in [1.82, 2.24) is 9.78 Å². The molecule has 0 aliphatic carbocycles. The molecule has 0 N–H and O–H groups in total. The third-order valence-corrected chi connectivity index (χ3v) is 2.56. The van der Waals surface area contributed by atoms with E-state index >= 15 is 0 Å². The average molecular weight is 274 g/mol. The predicted molar refractivity (Wildman–Crippen MR) is 60.2 cm³/mol. The highest BCUT2D eigenvalue weighted by Gasteiger charge is 2.32. The Bertz CT molecular complexity index is 586. The van der Waals surface area contributed by atoms with Crippen LogP contribution in [-0.4, -0.2) is 14.7 Å². The minimum atomic E-state index is -3.06. The molecule has 0 bridgehead atoms. The average Bonchev–Trinajstić information content (AvgIpc) is 2.68. The Labute approximate surface area is 105 Å². The quantitative estimate of drug-likeness (QED) is 0.636. The number of hydrogen-bond acceptors (Lipinski definition) is 3. The summed E-state index contributed by atoms with van der Waals surface area (Å²) >= 11 is 5.73. The molecular formula is C10H6ClF2N3O2. The second-order valence-electron chi connectivity index (χ2n) is 3.33. The molecule has 0 radical (unpaired) electrons. The second-order valence-corrected chi connectivity index (χ2v) is 3.69. The van der Waals surface area contributed by atoms with E-state index in [1.807, 2.05) is 0 Å². The normalized spacial score (nSPS) is 10.9. The third kappa shape index (κ3) is 2.04. The molecule has 94 valence electrons. The van der Waals surface area contributed by atoms with Crippen LogP contribution < -0.4 is 0 Å². The summed E-state index contributed by atoms with van der Waals surface area (Å²) in [5.74, 6) is 0. The van der Waals surface area contributed by atoms with E-state index in [9.17, 15) is 18.9 Å². The first-order valence-electron chi connectivity index (χ1n) is 4.78. The fraction of sp³-hybridized carbons (Fsp3) is 0.100. The molecule has 8 heteroatoms. The summed E-state index contributed by atoms with van der Waals surface area (Å²) in [6.07, 6.45) is -3.06. The molecule has 0 saturated carbocycles. The topological polar surface area (TPSA) is 61.0 Å². The smallest absolute Gasteiger partial charge is 0.258 e. The first-order chi connectivity index (χ1) is 8.52. The summed E-state index contributed by atoms with van der Waals surface area (Å²) in [4.78, 5) is 9.76. The van der Waals surface area contributed by atoms with E-state index in [2.05, 4.69) is 5.10 Å². The highest BCUT2D eigenvalue weighted by Crippen LogP contribution is 2.35. The molecule has 0 atom stereocenters. The molecule has 0 saturated heterocycles. The minimum absolute atomic E-state index is 0.373. The van der Waals surface area contributed by atoms with Gasteiger partial charge in [0, 0.05) is 0 Å². The maximum absolute atomic E-state index is 12.7. The zero-order valence-electron chi connectivity index (χ0n) is 8.76. The lowest BCUT2D eigenvalue weighted by Crippen LogP contribution is -1.97. The van der Waals surface area contributed by atoms with Crippen molar-refractivity contribution in [2.45, 2.75) is 6.43 Å². The number of hydrogen-bond donors (Lipinski definition) is 0. The summed E-state index contributed by atoms with van der Waals surface area (Å²) in [5.41, 5.74) is -1.43. The van der Waals surface area contributed by atoms with Gasteiger partial charge in [0.15, 0.2) is 0 Å². The van der Waals surface area contributed by atoms with Crippen LogP contribution in [0, 0.1) is 10.1 Å². The van der Waals surface area contributed by atoms with Gasteiger partial charge in [-0.15, -0.1) is 0 Å². The number of aromatic nitrogens is 2. The standard InChI is InChI=1S/C10H6ClF2N3O2/c11-9-8(16(17)18)7(10(12)13)14-15(9)6-4-2-1-3-5-6/h1-5,10H. The number of nitro groups is 1. The minimum Gasteiger partial charge on any atom is -0.258 e. The molecular weight excluding hydrogens is 268 g/mol. The molecule has 0 unspecified atom stereocenters. The van der Waals surface area contributed by atoms with Crippen molar-refractivity contribution in [2.75, 3.05) is 0 Å². The molecule has 0 fully saturated rings. The Balaban J connectivity index is 2.64. The molecule has 5 nitrogen and oxygen atoms in total. The molecule has 0 aliphatic rings. The zero-order valence-corrected chi connectivity index (χ0v) is 9.51. The molecule has 18 heavy (non-hydrogen) atoms. The van der Waals surface area contributed by atoms with Crippen molar-refractivity contribution in [3.8, 4) is 5.69 Å². The van der Waals surface area contributed by atoms with Crippen LogP contribution in [0.5, 0.6) is 0 Å². The number of rotatable bonds is 3. The Morgan fingerprint density at radius 2 is 1.94 bits per heavy atom. The van der Waals surface area contributed by atoms with E-state index in [0.717, 1.165) is 4.68 Å². The lowest BCUT2D eigenvalue weighted by molar-refractivity contribution is -0.386. The first-order valence-corrected chi connectivity index (χ1v) is 5.16. The number of nitrogens with zero attached hydrogens (tertiary/aromatic N) is 3. The Morgan fingerprint density at radius 1 is 1.33 bits per heavy atom. The highest BCUT2D eigenvalue weighted by atomic mass is 35.5. The van der Waals surface area contributed by atoms with Crippen LogP contribution in [0.1, 0.15) is 12.1 Å². The summed E-state index contributed by atoms with van der Waals surface area (Å²) in [6, 6.07) is 8.10. The summed E-state index contributed by atoms with van der Waals surface area (Å²) in [5, 5.41) is 13.8. The van der Waals surface area contributed by atoms with Crippen molar-refractivity contribution in [3.05, 3.63) is 51.3 Å². The van der Waals surface area contributed by atoms with Gasteiger partial charge in [-0.25, -0.2) is 13.5 Å². The van der Waals surface area contributed by atoms with E-state index in [0.29, 0.717) is 5.69 Å². The van der Waals surface area contributed by atoms with E-state index in [1.54, 1.807) is 30.3 Å². The van der Waals surface area contributed by atoms with Gasteiger partial charge in [0.25, 0.3) is 6.43 Å². The third-order valence-electron chi connectivity index (χ3n) is 2.22. The van der Waals surface area contributed by atoms with Crippen molar-refractivity contribution >= 4 is 17.3 Å². The van der Waals surface area contributed by atoms with E-state index < -0.39 is 27.9 Å². The summed E-state index contributed by atoms with van der Waals surface area (Å²) in [7, 11) is 0. The first kappa shape index (κ1) is 12.4. The molecule has 2 rings (SSSR count). The van der Waals surface area contributed by atoms with Crippen LogP contribution in [0.4, 0.5) is 14.5 Å². The van der Waals surface area contributed by atoms with Crippen LogP contribution >= 0.6 is 11.6 Å². The van der Waals surface area contributed by atoms with Gasteiger partial charge in [-0.1, -0.05) is 29.8 Å². The SMILES string of the molecule is O=[N+]([O-])c1c(C(F)F)nn(-c2ccccc2)c1Cl. The van der Waals surface area contributed by atoms with Crippen molar-refractivity contribution in [3.63, 3.8) is 0 Å². The van der Waals surface area contributed by atoms with Crippen molar-refractivity contribution < 1.29 is 13.7 Å². The van der Waals surface area contributed by atoms with Gasteiger partial charge in [0.2, 0.25) is 10.8 Å². The fourth-order valence-electron chi connectivity index (χ4n) is 1.46. The lowest BCUT2D eigenvalue weighted by atomic mass is 10.3. The van der Waals surface area contributed by atoms with E-state index in [1.165, 1.54) is 0 Å². The van der Waals surface area contributed by atoms with Crippen molar-refractivity contribution in [2.24, 2.45) is 0 Å². The number of benzene rings is 1. The van der Waals surface area contributed by atoms with Gasteiger partial charge in [0.1, 0.15) is 0 Å². The van der Waals surface area contributed by atoms with E-state index in [-0.39, 0.29) is 0 Å². The van der Waals surface area contributed by atoms with Crippen LogP contribution in [0.25, 0.3) is 5.69 Å². The Morgan fingerprint density at radius 3 is 2.39 bits per heavy atom. The summed E-state index contributed by atoms with van der Waals surface area (Å²) < 4.78 is 26.2. The van der Waals surface area contributed by atoms with Gasteiger partial charge in [-0.3, -0.25) is 10.1 Å². The van der Waals surface area contributed by atoms with Crippen molar-refractivity contribution in [1.29, 1.82) is 0 Å². The number of para-hydroxylation sites is 1. The molecule has 1 aromatic carbocycles. The maximum Gasteiger partial charge on any atom is 0.335 e. The van der Waals surface area contributed by atoms with Gasteiger partial charge in [-0.05, 0) is 12.1 Å². The maximum atomic E-state index is 12.7. The molecule has 1 heterocycles. The van der Waals surface area contributed by atoms with Crippen LogP contribution in [0.15, 0.2) is 30.3 Å².